The SMILES string of the molecule is Cc1oc(S(=O)(=O)N(C)C)cc1C(=O)NC1CNCCC1C.Cl. The van der Waals surface area contributed by atoms with E-state index in [1.165, 1.54) is 20.2 Å². The Labute approximate surface area is 143 Å². The van der Waals surface area contributed by atoms with Crippen molar-refractivity contribution < 1.29 is 17.6 Å². The van der Waals surface area contributed by atoms with Gasteiger partial charge in [0, 0.05) is 32.7 Å². The Morgan fingerprint density at radius 1 is 1.43 bits per heavy atom. The number of carbonyl (C=O) groups is 1. The van der Waals surface area contributed by atoms with Crippen molar-refractivity contribution in [3.63, 3.8) is 0 Å². The first kappa shape index (κ1) is 20.0. The third-order valence-electron chi connectivity index (χ3n) is 4.02. The molecule has 2 unspecified atom stereocenters. The maximum absolute atomic E-state index is 12.4. The van der Waals surface area contributed by atoms with E-state index in [4.69, 9.17) is 4.42 Å². The molecule has 1 amide bonds. The van der Waals surface area contributed by atoms with Gasteiger partial charge in [-0.25, -0.2) is 12.7 Å². The topological polar surface area (TPSA) is 91.7 Å². The van der Waals surface area contributed by atoms with Crippen molar-refractivity contribution in [2.75, 3.05) is 27.2 Å². The van der Waals surface area contributed by atoms with Crippen molar-refractivity contribution in [1.29, 1.82) is 0 Å². The van der Waals surface area contributed by atoms with E-state index in [9.17, 15) is 13.2 Å². The fourth-order valence-corrected chi connectivity index (χ4v) is 3.27. The summed E-state index contributed by atoms with van der Waals surface area (Å²) in [6.07, 6.45) is 0.996. The number of halogens is 1. The van der Waals surface area contributed by atoms with Crippen molar-refractivity contribution in [1.82, 2.24) is 14.9 Å². The largest absolute Gasteiger partial charge is 0.448 e. The number of hydrogen-bond acceptors (Lipinski definition) is 5. The normalized spacial score (nSPS) is 21.8. The van der Waals surface area contributed by atoms with Crippen LogP contribution in [0.25, 0.3) is 0 Å². The molecule has 1 aromatic heterocycles. The van der Waals surface area contributed by atoms with Crippen LogP contribution in [0.15, 0.2) is 15.6 Å². The van der Waals surface area contributed by atoms with Gasteiger partial charge in [-0.05, 0) is 25.8 Å². The van der Waals surface area contributed by atoms with Gasteiger partial charge < -0.3 is 15.1 Å². The predicted molar refractivity (Wildman–Crippen MR) is 89.5 cm³/mol. The molecule has 0 aromatic carbocycles. The number of nitrogens with one attached hydrogen (secondary N) is 2. The Bertz CT molecular complexity index is 657. The van der Waals surface area contributed by atoms with E-state index >= 15 is 0 Å². The first-order valence-corrected chi connectivity index (χ1v) is 8.72. The van der Waals surface area contributed by atoms with Crippen LogP contribution in [-0.2, 0) is 10.0 Å². The lowest BCUT2D eigenvalue weighted by atomic mass is 9.94. The quantitative estimate of drug-likeness (QED) is 0.830. The molecular formula is C14H24ClN3O4S. The van der Waals surface area contributed by atoms with Gasteiger partial charge in [0.1, 0.15) is 5.76 Å². The number of aryl methyl sites for hydroxylation is 1. The second kappa shape index (κ2) is 7.65. The molecule has 1 aliphatic heterocycles. The molecule has 0 radical (unpaired) electrons. The molecule has 0 spiro atoms. The molecule has 1 saturated heterocycles. The van der Waals surface area contributed by atoms with Crippen molar-refractivity contribution in [2.24, 2.45) is 5.92 Å². The molecule has 2 atom stereocenters. The van der Waals surface area contributed by atoms with Gasteiger partial charge >= 0.3 is 0 Å². The number of amides is 1. The molecule has 1 fully saturated rings. The lowest BCUT2D eigenvalue weighted by Crippen LogP contribution is -2.50. The number of nitrogens with zero attached hydrogens (tertiary/aromatic N) is 1. The van der Waals surface area contributed by atoms with E-state index in [0.29, 0.717) is 18.2 Å². The summed E-state index contributed by atoms with van der Waals surface area (Å²) in [6.45, 7) is 5.35. The maximum Gasteiger partial charge on any atom is 0.275 e. The molecule has 0 saturated carbocycles. The number of hydrogen-bond donors (Lipinski definition) is 2. The zero-order valence-electron chi connectivity index (χ0n) is 13.8. The Kier molecular flexibility index (Phi) is 6.64. The van der Waals surface area contributed by atoms with Gasteiger partial charge in [0.05, 0.1) is 5.56 Å². The van der Waals surface area contributed by atoms with Crippen LogP contribution in [-0.4, -0.2) is 51.9 Å². The lowest BCUT2D eigenvalue weighted by Gasteiger charge is -2.30. The first-order chi connectivity index (χ1) is 10.2. The molecule has 2 rings (SSSR count). The highest BCUT2D eigenvalue weighted by atomic mass is 35.5. The van der Waals surface area contributed by atoms with Crippen LogP contribution >= 0.6 is 12.4 Å². The fourth-order valence-electron chi connectivity index (χ4n) is 2.42. The molecule has 7 nitrogen and oxygen atoms in total. The fraction of sp³-hybridized carbons (Fsp3) is 0.643. The van der Waals surface area contributed by atoms with E-state index in [1.807, 2.05) is 0 Å². The summed E-state index contributed by atoms with van der Waals surface area (Å²) in [7, 11) is -0.844. The molecule has 23 heavy (non-hydrogen) atoms. The van der Waals surface area contributed by atoms with Gasteiger partial charge in [0.2, 0.25) is 5.09 Å². The summed E-state index contributed by atoms with van der Waals surface area (Å²) >= 11 is 0. The molecule has 132 valence electrons. The first-order valence-electron chi connectivity index (χ1n) is 7.28. The Balaban J connectivity index is 0.00000264. The highest BCUT2D eigenvalue weighted by Crippen LogP contribution is 2.22. The zero-order chi connectivity index (χ0) is 16.5. The van der Waals surface area contributed by atoms with Crippen LogP contribution in [0.3, 0.4) is 0 Å². The van der Waals surface area contributed by atoms with Crippen LogP contribution in [0.1, 0.15) is 29.5 Å². The molecule has 1 aliphatic rings. The van der Waals surface area contributed by atoms with Crippen molar-refractivity contribution in [2.45, 2.75) is 31.4 Å². The van der Waals surface area contributed by atoms with E-state index < -0.39 is 10.0 Å². The number of furan rings is 1. The van der Waals surface area contributed by atoms with E-state index in [0.717, 1.165) is 17.3 Å². The minimum atomic E-state index is -3.68. The number of carbonyl (C=O) groups excluding carboxylic acids is 1. The van der Waals surface area contributed by atoms with Crippen LogP contribution < -0.4 is 10.6 Å². The molecular weight excluding hydrogens is 342 g/mol. The summed E-state index contributed by atoms with van der Waals surface area (Å²) in [6, 6.07) is 1.32. The van der Waals surface area contributed by atoms with Gasteiger partial charge in [0.25, 0.3) is 15.9 Å². The smallest absolute Gasteiger partial charge is 0.275 e. The number of sulfonamides is 1. The third kappa shape index (κ3) is 4.26. The van der Waals surface area contributed by atoms with Crippen molar-refractivity contribution in [3.05, 3.63) is 17.4 Å². The van der Waals surface area contributed by atoms with Gasteiger partial charge in [-0.15, -0.1) is 12.4 Å². The monoisotopic (exact) mass is 365 g/mol. The Hall–Kier alpha value is -1.09. The summed E-state index contributed by atoms with van der Waals surface area (Å²) in [5, 5.41) is 5.98. The van der Waals surface area contributed by atoms with Crippen LogP contribution in [0.2, 0.25) is 0 Å². The standard InChI is InChI=1S/C14H23N3O4S.ClH/c1-9-5-6-15-8-12(9)16-14(18)11-7-13(21-10(11)2)22(19,20)17(3)4;/h7,9,12,15H,5-6,8H2,1-4H3,(H,16,18);1H. The zero-order valence-corrected chi connectivity index (χ0v) is 15.4. The second-order valence-corrected chi connectivity index (χ2v) is 7.96. The van der Waals surface area contributed by atoms with Crippen molar-refractivity contribution >= 4 is 28.3 Å². The summed E-state index contributed by atoms with van der Waals surface area (Å²) < 4.78 is 30.4. The Morgan fingerprint density at radius 2 is 2.09 bits per heavy atom. The Morgan fingerprint density at radius 3 is 2.65 bits per heavy atom. The van der Waals surface area contributed by atoms with Gasteiger partial charge in [-0.2, -0.15) is 0 Å². The third-order valence-corrected chi connectivity index (χ3v) is 5.69. The molecule has 2 N–H and O–H groups in total. The molecule has 2 heterocycles. The van der Waals surface area contributed by atoms with Crippen LogP contribution in [0.5, 0.6) is 0 Å². The average molecular weight is 366 g/mol. The molecule has 1 aromatic rings. The number of rotatable bonds is 4. The van der Waals surface area contributed by atoms with Crippen LogP contribution in [0.4, 0.5) is 0 Å². The second-order valence-electron chi connectivity index (χ2n) is 5.87. The minimum Gasteiger partial charge on any atom is -0.448 e. The average Bonchev–Trinajstić information content (AvgIpc) is 2.84. The maximum atomic E-state index is 12.4. The van der Waals surface area contributed by atoms with E-state index in [-0.39, 0.29) is 35.0 Å². The van der Waals surface area contributed by atoms with Crippen LogP contribution in [0, 0.1) is 12.8 Å². The molecule has 0 bridgehead atoms. The van der Waals surface area contributed by atoms with Gasteiger partial charge in [0.15, 0.2) is 0 Å². The molecule has 9 heteroatoms. The molecule has 0 aliphatic carbocycles. The number of piperidine rings is 1. The minimum absolute atomic E-state index is 0. The predicted octanol–water partition coefficient (Wildman–Crippen LogP) is 0.988. The highest BCUT2D eigenvalue weighted by Gasteiger charge is 2.28. The van der Waals surface area contributed by atoms with Crippen molar-refractivity contribution in [3.8, 4) is 0 Å². The van der Waals surface area contributed by atoms with E-state index in [2.05, 4.69) is 17.6 Å². The van der Waals surface area contributed by atoms with Gasteiger partial charge in [-0.1, -0.05) is 6.92 Å². The summed E-state index contributed by atoms with van der Waals surface area (Å²) in [4.78, 5) is 12.4. The summed E-state index contributed by atoms with van der Waals surface area (Å²) in [5.74, 6) is 0.374. The van der Waals surface area contributed by atoms with Gasteiger partial charge in [-0.3, -0.25) is 4.79 Å². The summed E-state index contributed by atoms with van der Waals surface area (Å²) in [5.41, 5.74) is 0.262. The lowest BCUT2D eigenvalue weighted by molar-refractivity contribution is 0.0913. The van der Waals surface area contributed by atoms with E-state index in [1.54, 1.807) is 6.92 Å². The highest BCUT2D eigenvalue weighted by molar-refractivity contribution is 7.88.